The Morgan fingerprint density at radius 3 is 2.89 bits per heavy atom. The van der Waals surface area contributed by atoms with E-state index < -0.39 is 0 Å². The topological polar surface area (TPSA) is 67.4 Å². The standard InChI is InChI=1S/C18H27BrN4O3S/c1-3-8-26-17-15(19)11-14(12-16(17)24-2)13-21-22-18(27)20-4-5-23-6-9-25-10-7-23/h11-13H,3-10H2,1-2H3,(H2,20,22,27)/b21-13+. The number of halogens is 1. The van der Waals surface area contributed by atoms with Gasteiger partial charge in [0.1, 0.15) is 0 Å². The first-order valence-electron chi connectivity index (χ1n) is 9.01. The molecule has 1 aromatic rings. The molecule has 1 saturated heterocycles. The van der Waals surface area contributed by atoms with Gasteiger partial charge in [-0.25, -0.2) is 0 Å². The van der Waals surface area contributed by atoms with Crippen molar-refractivity contribution in [3.8, 4) is 11.5 Å². The first-order chi connectivity index (χ1) is 13.1. The molecule has 1 aliphatic rings. The van der Waals surface area contributed by atoms with Gasteiger partial charge in [0.05, 0.1) is 37.6 Å². The van der Waals surface area contributed by atoms with Crippen molar-refractivity contribution in [3.05, 3.63) is 22.2 Å². The molecular weight excluding hydrogens is 432 g/mol. The lowest BCUT2D eigenvalue weighted by Crippen LogP contribution is -2.42. The normalized spacial score (nSPS) is 14.9. The zero-order valence-corrected chi connectivity index (χ0v) is 18.2. The van der Waals surface area contributed by atoms with Crippen molar-refractivity contribution < 1.29 is 14.2 Å². The van der Waals surface area contributed by atoms with Gasteiger partial charge in [-0.1, -0.05) is 6.92 Å². The molecule has 1 heterocycles. The molecule has 0 bridgehead atoms. The number of hydrogen-bond donors (Lipinski definition) is 2. The van der Waals surface area contributed by atoms with Gasteiger partial charge in [-0.3, -0.25) is 10.3 Å². The van der Waals surface area contributed by atoms with Crippen LogP contribution in [-0.4, -0.2) is 69.3 Å². The maximum Gasteiger partial charge on any atom is 0.187 e. The van der Waals surface area contributed by atoms with Crippen molar-refractivity contribution in [2.24, 2.45) is 5.10 Å². The molecule has 0 aromatic heterocycles. The van der Waals surface area contributed by atoms with Crippen molar-refractivity contribution in [1.82, 2.24) is 15.6 Å². The minimum atomic E-state index is 0.494. The third-order valence-electron chi connectivity index (χ3n) is 3.90. The number of rotatable bonds is 9. The largest absolute Gasteiger partial charge is 0.493 e. The van der Waals surface area contributed by atoms with Crippen LogP contribution in [-0.2, 0) is 4.74 Å². The number of morpholine rings is 1. The zero-order valence-electron chi connectivity index (χ0n) is 15.8. The van der Waals surface area contributed by atoms with Gasteiger partial charge in [-0.05, 0) is 52.3 Å². The highest BCUT2D eigenvalue weighted by Gasteiger charge is 2.11. The number of methoxy groups -OCH3 is 1. The second-order valence-corrected chi connectivity index (χ2v) is 7.23. The molecule has 0 aliphatic carbocycles. The summed E-state index contributed by atoms with van der Waals surface area (Å²) < 4.78 is 17.3. The fraction of sp³-hybridized carbons (Fsp3) is 0.556. The fourth-order valence-electron chi connectivity index (χ4n) is 2.52. The number of nitrogens with zero attached hydrogens (tertiary/aromatic N) is 2. The summed E-state index contributed by atoms with van der Waals surface area (Å²) in [7, 11) is 1.62. The molecule has 0 amide bonds. The Morgan fingerprint density at radius 1 is 1.41 bits per heavy atom. The molecule has 7 nitrogen and oxygen atoms in total. The predicted octanol–water partition coefficient (Wildman–Crippen LogP) is 2.38. The maximum atomic E-state index is 5.73. The predicted molar refractivity (Wildman–Crippen MR) is 115 cm³/mol. The zero-order chi connectivity index (χ0) is 19.5. The van der Waals surface area contributed by atoms with Gasteiger partial charge in [-0.15, -0.1) is 0 Å². The van der Waals surface area contributed by atoms with Crippen LogP contribution in [0.15, 0.2) is 21.7 Å². The van der Waals surface area contributed by atoms with E-state index in [1.807, 2.05) is 12.1 Å². The molecule has 0 atom stereocenters. The first kappa shape index (κ1) is 21.9. The summed E-state index contributed by atoms with van der Waals surface area (Å²) in [6.07, 6.45) is 2.62. The van der Waals surface area contributed by atoms with E-state index in [0.29, 0.717) is 23.2 Å². The summed E-state index contributed by atoms with van der Waals surface area (Å²) in [5.41, 5.74) is 3.70. The van der Waals surface area contributed by atoms with Gasteiger partial charge in [0.2, 0.25) is 0 Å². The van der Waals surface area contributed by atoms with Crippen molar-refractivity contribution >= 4 is 39.5 Å². The second-order valence-electron chi connectivity index (χ2n) is 5.96. The summed E-state index contributed by atoms with van der Waals surface area (Å²) in [5.74, 6) is 1.36. The van der Waals surface area contributed by atoms with Crippen molar-refractivity contribution in [1.29, 1.82) is 0 Å². The number of hydrazone groups is 1. The summed E-state index contributed by atoms with van der Waals surface area (Å²) in [6.45, 7) is 7.92. The lowest BCUT2D eigenvalue weighted by Gasteiger charge is -2.26. The van der Waals surface area contributed by atoms with Gasteiger partial charge >= 0.3 is 0 Å². The van der Waals surface area contributed by atoms with Crippen molar-refractivity contribution in [2.45, 2.75) is 13.3 Å². The van der Waals surface area contributed by atoms with E-state index in [2.05, 4.69) is 43.6 Å². The van der Waals surface area contributed by atoms with Gasteiger partial charge in [0, 0.05) is 26.2 Å². The highest BCUT2D eigenvalue weighted by Crippen LogP contribution is 2.36. The number of thiocarbonyl (C=S) groups is 1. The Morgan fingerprint density at radius 2 is 2.19 bits per heavy atom. The highest BCUT2D eigenvalue weighted by atomic mass is 79.9. The minimum Gasteiger partial charge on any atom is -0.493 e. The third-order valence-corrected chi connectivity index (χ3v) is 4.72. The highest BCUT2D eigenvalue weighted by molar-refractivity contribution is 9.10. The lowest BCUT2D eigenvalue weighted by molar-refractivity contribution is 0.0389. The number of nitrogens with one attached hydrogen (secondary N) is 2. The van der Waals surface area contributed by atoms with E-state index in [-0.39, 0.29) is 0 Å². The van der Waals surface area contributed by atoms with Gasteiger partial charge < -0.3 is 19.5 Å². The molecule has 2 N–H and O–H groups in total. The van der Waals surface area contributed by atoms with E-state index in [4.69, 9.17) is 26.4 Å². The molecule has 150 valence electrons. The molecule has 27 heavy (non-hydrogen) atoms. The molecule has 2 rings (SSSR count). The summed E-state index contributed by atoms with van der Waals surface area (Å²) in [4.78, 5) is 2.34. The van der Waals surface area contributed by atoms with E-state index in [0.717, 1.165) is 55.8 Å². The second kappa shape index (κ2) is 12.1. The molecule has 0 radical (unpaired) electrons. The lowest BCUT2D eigenvalue weighted by atomic mass is 10.2. The summed E-state index contributed by atoms with van der Waals surface area (Å²) in [6, 6.07) is 3.80. The molecule has 9 heteroatoms. The Balaban J connectivity index is 1.80. The van der Waals surface area contributed by atoms with Crippen LogP contribution in [0.25, 0.3) is 0 Å². The Kier molecular flexibility index (Phi) is 9.82. The van der Waals surface area contributed by atoms with Crippen LogP contribution in [0.3, 0.4) is 0 Å². The quantitative estimate of drug-likeness (QED) is 0.334. The Bertz CT molecular complexity index is 639. The molecule has 0 saturated carbocycles. The molecule has 1 aromatic carbocycles. The SMILES string of the molecule is CCCOc1c(Br)cc(/C=N/NC(=S)NCCN2CCOCC2)cc1OC. The van der Waals surface area contributed by atoms with Crippen LogP contribution in [0.5, 0.6) is 11.5 Å². The molecule has 0 unspecified atom stereocenters. The van der Waals surface area contributed by atoms with E-state index in [9.17, 15) is 0 Å². The molecule has 1 fully saturated rings. The Labute approximate surface area is 174 Å². The van der Waals surface area contributed by atoms with Gasteiger partial charge in [-0.2, -0.15) is 5.10 Å². The average Bonchev–Trinajstić information content (AvgIpc) is 2.67. The van der Waals surface area contributed by atoms with Crippen molar-refractivity contribution in [3.63, 3.8) is 0 Å². The number of ether oxygens (including phenoxy) is 3. The monoisotopic (exact) mass is 458 g/mol. The van der Waals surface area contributed by atoms with Crippen LogP contribution in [0.1, 0.15) is 18.9 Å². The third kappa shape index (κ3) is 7.61. The van der Waals surface area contributed by atoms with Gasteiger partial charge in [0.25, 0.3) is 0 Å². The van der Waals surface area contributed by atoms with Crippen LogP contribution >= 0.6 is 28.1 Å². The van der Waals surface area contributed by atoms with E-state index in [1.54, 1.807) is 13.3 Å². The first-order valence-corrected chi connectivity index (χ1v) is 10.2. The van der Waals surface area contributed by atoms with Gasteiger partial charge in [0.15, 0.2) is 16.6 Å². The van der Waals surface area contributed by atoms with E-state index >= 15 is 0 Å². The van der Waals surface area contributed by atoms with Crippen LogP contribution < -0.4 is 20.2 Å². The fourth-order valence-corrected chi connectivity index (χ4v) is 3.24. The molecule has 0 spiro atoms. The van der Waals surface area contributed by atoms with E-state index in [1.165, 1.54) is 0 Å². The molecular formula is C18H27BrN4O3S. The number of benzene rings is 1. The maximum absolute atomic E-state index is 5.73. The summed E-state index contributed by atoms with van der Waals surface area (Å²) in [5, 5.41) is 7.83. The van der Waals surface area contributed by atoms with Crippen molar-refractivity contribution in [2.75, 3.05) is 53.1 Å². The average molecular weight is 459 g/mol. The van der Waals surface area contributed by atoms with Crippen LogP contribution in [0.2, 0.25) is 0 Å². The smallest absolute Gasteiger partial charge is 0.187 e. The molecule has 1 aliphatic heterocycles. The van der Waals surface area contributed by atoms with Crippen LogP contribution in [0, 0.1) is 0 Å². The minimum absolute atomic E-state index is 0.494. The summed E-state index contributed by atoms with van der Waals surface area (Å²) >= 11 is 8.77. The Hall–Kier alpha value is -1.42. The number of hydrogen-bond acceptors (Lipinski definition) is 6. The van der Waals surface area contributed by atoms with Crippen LogP contribution in [0.4, 0.5) is 0 Å².